The third-order valence-electron chi connectivity index (χ3n) is 2.76. The summed E-state index contributed by atoms with van der Waals surface area (Å²) in [4.78, 5) is 0. The van der Waals surface area contributed by atoms with E-state index < -0.39 is 0 Å². The summed E-state index contributed by atoms with van der Waals surface area (Å²) in [5.41, 5.74) is 0. The van der Waals surface area contributed by atoms with Crippen molar-refractivity contribution >= 4 is 0 Å². The number of aliphatic hydroxyl groups excluding tert-OH is 1. The molecule has 0 aromatic carbocycles. The molecule has 0 aliphatic heterocycles. The van der Waals surface area contributed by atoms with Crippen LogP contribution in [0.3, 0.4) is 0 Å². The maximum Gasteiger partial charge on any atom is 0.0516 e. The topological polar surface area (TPSA) is 38.7 Å². The van der Waals surface area contributed by atoms with Gasteiger partial charge in [-0.1, -0.05) is 26.7 Å². The molecule has 0 aliphatic carbocycles. The summed E-state index contributed by atoms with van der Waals surface area (Å²) in [6, 6.07) is 0. The lowest BCUT2D eigenvalue weighted by molar-refractivity contribution is 0.0241. The molecular formula is C13H28O3. The molecular weight excluding hydrogens is 204 g/mol. The first-order valence-corrected chi connectivity index (χ1v) is 6.45. The van der Waals surface area contributed by atoms with Crippen molar-refractivity contribution in [2.75, 3.05) is 33.5 Å². The van der Waals surface area contributed by atoms with Crippen LogP contribution < -0.4 is 0 Å². The molecule has 0 spiro atoms. The Kier molecular flexibility index (Phi) is 11.3. The van der Waals surface area contributed by atoms with Crippen LogP contribution in [-0.4, -0.2) is 38.6 Å². The van der Waals surface area contributed by atoms with Crippen molar-refractivity contribution < 1.29 is 14.6 Å². The van der Waals surface area contributed by atoms with E-state index in [0.29, 0.717) is 18.4 Å². The van der Waals surface area contributed by atoms with Crippen LogP contribution in [0.1, 0.15) is 39.5 Å². The van der Waals surface area contributed by atoms with Crippen molar-refractivity contribution in [3.63, 3.8) is 0 Å². The Balaban J connectivity index is 3.65. The SMILES string of the molecule is CCCC(CO)COCC(CCC)COC. The molecule has 2 unspecified atom stereocenters. The number of methoxy groups -OCH3 is 1. The van der Waals surface area contributed by atoms with E-state index in [2.05, 4.69) is 13.8 Å². The zero-order chi connectivity index (χ0) is 12.2. The predicted octanol–water partition coefficient (Wildman–Crippen LogP) is 2.47. The quantitative estimate of drug-likeness (QED) is 0.595. The van der Waals surface area contributed by atoms with Crippen molar-refractivity contribution in [2.24, 2.45) is 11.8 Å². The molecule has 0 aromatic rings. The second-order valence-electron chi connectivity index (χ2n) is 4.48. The number of hydrogen-bond donors (Lipinski definition) is 1. The monoisotopic (exact) mass is 232 g/mol. The lowest BCUT2D eigenvalue weighted by Gasteiger charge is -2.18. The molecule has 0 amide bonds. The van der Waals surface area contributed by atoms with Crippen LogP contribution in [0.2, 0.25) is 0 Å². The Morgan fingerprint density at radius 3 is 2.00 bits per heavy atom. The molecule has 0 rings (SSSR count). The first-order chi connectivity index (χ1) is 7.78. The fourth-order valence-electron chi connectivity index (χ4n) is 1.90. The molecule has 16 heavy (non-hydrogen) atoms. The Bertz CT molecular complexity index is 133. The highest BCUT2D eigenvalue weighted by Gasteiger charge is 2.10. The third kappa shape index (κ3) is 8.08. The summed E-state index contributed by atoms with van der Waals surface area (Å²) in [6.07, 6.45) is 4.45. The smallest absolute Gasteiger partial charge is 0.0516 e. The number of aliphatic hydroxyl groups is 1. The second-order valence-corrected chi connectivity index (χ2v) is 4.48. The maximum absolute atomic E-state index is 9.12. The summed E-state index contributed by atoms with van der Waals surface area (Å²) in [6.45, 7) is 6.74. The summed E-state index contributed by atoms with van der Waals surface area (Å²) >= 11 is 0. The minimum atomic E-state index is 0.233. The molecule has 0 saturated carbocycles. The van der Waals surface area contributed by atoms with Crippen LogP contribution in [0.25, 0.3) is 0 Å². The highest BCUT2D eigenvalue weighted by molar-refractivity contribution is 4.59. The standard InChI is InChI=1S/C13H28O3/c1-4-6-12(8-14)10-16-11-13(7-5-2)9-15-3/h12-14H,4-11H2,1-3H3. The van der Waals surface area contributed by atoms with Gasteiger partial charge in [0, 0.05) is 25.6 Å². The molecule has 0 saturated heterocycles. The molecule has 0 bridgehead atoms. The largest absolute Gasteiger partial charge is 0.396 e. The van der Waals surface area contributed by atoms with E-state index in [1.807, 2.05) is 0 Å². The highest BCUT2D eigenvalue weighted by atomic mass is 16.5. The van der Waals surface area contributed by atoms with Gasteiger partial charge in [-0.25, -0.2) is 0 Å². The van der Waals surface area contributed by atoms with Crippen LogP contribution in [0.5, 0.6) is 0 Å². The molecule has 2 atom stereocenters. The van der Waals surface area contributed by atoms with E-state index in [4.69, 9.17) is 14.6 Å². The number of hydrogen-bond acceptors (Lipinski definition) is 3. The first-order valence-electron chi connectivity index (χ1n) is 6.45. The van der Waals surface area contributed by atoms with E-state index in [9.17, 15) is 0 Å². The van der Waals surface area contributed by atoms with Gasteiger partial charge >= 0.3 is 0 Å². The molecule has 0 fully saturated rings. The second kappa shape index (κ2) is 11.4. The van der Waals surface area contributed by atoms with Gasteiger partial charge in [-0.3, -0.25) is 0 Å². The Morgan fingerprint density at radius 2 is 1.50 bits per heavy atom. The Hall–Kier alpha value is -0.120. The summed E-state index contributed by atoms with van der Waals surface area (Å²) < 4.78 is 10.8. The van der Waals surface area contributed by atoms with Crippen LogP contribution in [0, 0.1) is 11.8 Å². The average molecular weight is 232 g/mol. The van der Waals surface area contributed by atoms with Gasteiger partial charge < -0.3 is 14.6 Å². The number of ether oxygens (including phenoxy) is 2. The van der Waals surface area contributed by atoms with Gasteiger partial charge in [-0.15, -0.1) is 0 Å². The highest BCUT2D eigenvalue weighted by Crippen LogP contribution is 2.10. The lowest BCUT2D eigenvalue weighted by Crippen LogP contribution is -2.20. The zero-order valence-electron chi connectivity index (χ0n) is 11.1. The molecule has 1 N–H and O–H groups in total. The molecule has 0 radical (unpaired) electrons. The number of rotatable bonds is 11. The molecule has 98 valence electrons. The van der Waals surface area contributed by atoms with E-state index in [1.165, 1.54) is 0 Å². The van der Waals surface area contributed by atoms with E-state index in [-0.39, 0.29) is 6.61 Å². The van der Waals surface area contributed by atoms with Crippen LogP contribution in [0.15, 0.2) is 0 Å². The van der Waals surface area contributed by atoms with Crippen LogP contribution in [-0.2, 0) is 9.47 Å². The molecule has 0 aromatic heterocycles. The van der Waals surface area contributed by atoms with Gasteiger partial charge in [-0.2, -0.15) is 0 Å². The molecule has 0 heterocycles. The normalized spacial score (nSPS) is 15.0. The molecule has 3 heteroatoms. The fraction of sp³-hybridized carbons (Fsp3) is 1.00. The van der Waals surface area contributed by atoms with Gasteiger partial charge in [0.25, 0.3) is 0 Å². The lowest BCUT2D eigenvalue weighted by atomic mass is 10.1. The van der Waals surface area contributed by atoms with Crippen molar-refractivity contribution in [1.29, 1.82) is 0 Å². The van der Waals surface area contributed by atoms with Crippen molar-refractivity contribution in [2.45, 2.75) is 39.5 Å². The summed E-state index contributed by atoms with van der Waals surface area (Å²) in [7, 11) is 1.73. The van der Waals surface area contributed by atoms with Crippen molar-refractivity contribution in [3.8, 4) is 0 Å². The maximum atomic E-state index is 9.12. The summed E-state index contributed by atoms with van der Waals surface area (Å²) in [5.74, 6) is 0.797. The summed E-state index contributed by atoms with van der Waals surface area (Å²) in [5, 5.41) is 9.12. The van der Waals surface area contributed by atoms with Crippen molar-refractivity contribution in [3.05, 3.63) is 0 Å². The van der Waals surface area contributed by atoms with Gasteiger partial charge in [0.15, 0.2) is 0 Å². The van der Waals surface area contributed by atoms with Crippen LogP contribution in [0.4, 0.5) is 0 Å². The molecule has 0 aliphatic rings. The molecule has 3 nitrogen and oxygen atoms in total. The van der Waals surface area contributed by atoms with Gasteiger partial charge in [-0.05, 0) is 12.8 Å². The first kappa shape index (κ1) is 15.9. The van der Waals surface area contributed by atoms with Crippen molar-refractivity contribution in [1.82, 2.24) is 0 Å². The average Bonchev–Trinajstić information content (AvgIpc) is 2.28. The predicted molar refractivity (Wildman–Crippen MR) is 66.6 cm³/mol. The van der Waals surface area contributed by atoms with Gasteiger partial charge in [0.2, 0.25) is 0 Å². The van der Waals surface area contributed by atoms with Gasteiger partial charge in [0.05, 0.1) is 19.8 Å². The minimum absolute atomic E-state index is 0.233. The van der Waals surface area contributed by atoms with E-state index >= 15 is 0 Å². The van der Waals surface area contributed by atoms with Crippen LogP contribution >= 0.6 is 0 Å². The Labute approximate surface area is 100 Å². The third-order valence-corrected chi connectivity index (χ3v) is 2.76. The minimum Gasteiger partial charge on any atom is -0.396 e. The zero-order valence-corrected chi connectivity index (χ0v) is 11.1. The van der Waals surface area contributed by atoms with Gasteiger partial charge in [0.1, 0.15) is 0 Å². The Morgan fingerprint density at radius 1 is 0.938 bits per heavy atom. The fourth-order valence-corrected chi connectivity index (χ4v) is 1.90. The van der Waals surface area contributed by atoms with E-state index in [0.717, 1.165) is 38.9 Å². The van der Waals surface area contributed by atoms with E-state index in [1.54, 1.807) is 7.11 Å².